The Morgan fingerprint density at radius 2 is 1.53 bits per heavy atom. The number of aliphatic hydroxyl groups is 1. The number of nitrogens with zero attached hydrogens (tertiary/aromatic N) is 2. The van der Waals surface area contributed by atoms with Crippen LogP contribution in [0.3, 0.4) is 0 Å². The number of hydrogen-bond donors (Lipinski definition) is 2. The lowest BCUT2D eigenvalue weighted by atomic mass is 9.96. The third-order valence-corrected chi connectivity index (χ3v) is 4.98. The standard InChI is InChI=1S/C18H26N3O10P/c1-11(23)21-15-17(29-13(3)25)16(28-12(2)24)14(10-22)30-18(15)31-32(26-8-4-6-19)27-9-5-7-20/h14-18,22H,4-5,8-10H2,1-3H3,(H,21,23)/t14-,15-,16+,17-,18-/m1/s1. The Morgan fingerprint density at radius 1 is 1.00 bits per heavy atom. The van der Waals surface area contributed by atoms with E-state index in [9.17, 15) is 19.5 Å². The van der Waals surface area contributed by atoms with Crippen molar-refractivity contribution in [2.75, 3.05) is 19.8 Å². The molecule has 0 aromatic carbocycles. The molecule has 13 nitrogen and oxygen atoms in total. The minimum absolute atomic E-state index is 0.0360. The molecule has 0 saturated carbocycles. The molecule has 0 unspecified atom stereocenters. The summed E-state index contributed by atoms with van der Waals surface area (Å²) < 4.78 is 32.7. The molecule has 178 valence electrons. The van der Waals surface area contributed by atoms with Gasteiger partial charge in [0.05, 0.1) is 44.8 Å². The minimum atomic E-state index is -2.16. The summed E-state index contributed by atoms with van der Waals surface area (Å²) in [7, 11) is -2.16. The Balaban J connectivity index is 3.20. The van der Waals surface area contributed by atoms with Gasteiger partial charge in [0, 0.05) is 20.8 Å². The van der Waals surface area contributed by atoms with Crippen molar-refractivity contribution < 1.29 is 47.3 Å². The molecule has 5 atom stereocenters. The molecule has 1 aliphatic rings. The second kappa shape index (κ2) is 14.6. The van der Waals surface area contributed by atoms with Gasteiger partial charge in [-0.3, -0.25) is 18.9 Å². The fourth-order valence-electron chi connectivity index (χ4n) is 2.71. The molecule has 1 saturated heterocycles. The van der Waals surface area contributed by atoms with Crippen molar-refractivity contribution in [2.24, 2.45) is 0 Å². The van der Waals surface area contributed by atoms with Crippen LogP contribution in [0.2, 0.25) is 0 Å². The molecule has 1 fully saturated rings. The maximum atomic E-state index is 11.8. The maximum Gasteiger partial charge on any atom is 0.335 e. The van der Waals surface area contributed by atoms with Crippen molar-refractivity contribution >= 4 is 26.4 Å². The lowest BCUT2D eigenvalue weighted by Crippen LogP contribution is -2.66. The van der Waals surface area contributed by atoms with Gasteiger partial charge < -0.3 is 33.7 Å². The lowest BCUT2D eigenvalue weighted by molar-refractivity contribution is -0.257. The Labute approximate surface area is 186 Å². The molecule has 1 aliphatic heterocycles. The quantitative estimate of drug-likeness (QED) is 0.222. The molecule has 0 spiro atoms. The van der Waals surface area contributed by atoms with Gasteiger partial charge in [0.15, 0.2) is 18.5 Å². The van der Waals surface area contributed by atoms with Gasteiger partial charge in [0.1, 0.15) is 12.1 Å². The number of carbonyl (C=O) groups is 3. The van der Waals surface area contributed by atoms with Gasteiger partial charge in [0.2, 0.25) is 5.91 Å². The van der Waals surface area contributed by atoms with E-state index in [1.54, 1.807) is 0 Å². The molecule has 1 amide bonds. The highest BCUT2D eigenvalue weighted by Crippen LogP contribution is 2.44. The Morgan fingerprint density at radius 3 is 1.97 bits per heavy atom. The van der Waals surface area contributed by atoms with E-state index in [1.165, 1.54) is 6.92 Å². The molecule has 32 heavy (non-hydrogen) atoms. The molecular weight excluding hydrogens is 449 g/mol. The number of ether oxygens (including phenoxy) is 3. The Bertz CT molecular complexity index is 705. The van der Waals surface area contributed by atoms with Gasteiger partial charge in [-0.05, 0) is 0 Å². The predicted octanol–water partition coefficient (Wildman–Crippen LogP) is 0.176. The topological polar surface area (TPSA) is 186 Å². The number of carbonyl (C=O) groups excluding carboxylic acids is 3. The van der Waals surface area contributed by atoms with Crippen molar-refractivity contribution in [1.82, 2.24) is 5.32 Å². The third-order valence-electron chi connectivity index (χ3n) is 3.81. The van der Waals surface area contributed by atoms with E-state index in [4.69, 9.17) is 38.3 Å². The van der Waals surface area contributed by atoms with Gasteiger partial charge in [0.25, 0.3) is 0 Å². The van der Waals surface area contributed by atoms with Crippen LogP contribution in [0.25, 0.3) is 0 Å². The zero-order valence-electron chi connectivity index (χ0n) is 17.9. The number of nitrogens with one attached hydrogen (secondary N) is 1. The molecule has 0 aromatic heterocycles. The van der Waals surface area contributed by atoms with Crippen molar-refractivity contribution in [1.29, 1.82) is 10.5 Å². The van der Waals surface area contributed by atoms with Crippen molar-refractivity contribution in [3.05, 3.63) is 0 Å². The lowest BCUT2D eigenvalue weighted by Gasteiger charge is -2.44. The van der Waals surface area contributed by atoms with Crippen LogP contribution in [0.1, 0.15) is 33.6 Å². The van der Waals surface area contributed by atoms with Crippen LogP contribution < -0.4 is 5.32 Å². The fraction of sp³-hybridized carbons (Fsp3) is 0.722. The van der Waals surface area contributed by atoms with Gasteiger partial charge in [-0.2, -0.15) is 10.5 Å². The SMILES string of the molecule is CC(=O)N[C@H]1[C@@H](OP(OCCC#N)OCCC#N)O[C@H](CO)[C@H](OC(C)=O)[C@@H]1OC(C)=O. The van der Waals surface area contributed by atoms with Crippen LogP contribution >= 0.6 is 8.60 Å². The smallest absolute Gasteiger partial charge is 0.335 e. The average molecular weight is 475 g/mol. The molecule has 1 rings (SSSR count). The first kappa shape index (κ1) is 27.7. The number of rotatable bonds is 12. The third kappa shape index (κ3) is 9.40. The van der Waals surface area contributed by atoms with E-state index in [1.807, 2.05) is 12.1 Å². The molecule has 0 aromatic rings. The van der Waals surface area contributed by atoms with E-state index in [-0.39, 0.29) is 26.1 Å². The Kier molecular flexibility index (Phi) is 12.7. The zero-order chi connectivity index (χ0) is 24.1. The van der Waals surface area contributed by atoms with Gasteiger partial charge >= 0.3 is 20.5 Å². The molecule has 0 aliphatic carbocycles. The number of hydrogen-bond acceptors (Lipinski definition) is 12. The highest BCUT2D eigenvalue weighted by Gasteiger charge is 2.51. The van der Waals surface area contributed by atoms with Gasteiger partial charge in [-0.25, -0.2) is 0 Å². The second-order valence-electron chi connectivity index (χ2n) is 6.41. The van der Waals surface area contributed by atoms with E-state index < -0.39 is 63.7 Å². The summed E-state index contributed by atoms with van der Waals surface area (Å²) in [5, 5.41) is 29.7. The van der Waals surface area contributed by atoms with Crippen molar-refractivity contribution in [3.63, 3.8) is 0 Å². The van der Waals surface area contributed by atoms with Crippen LogP contribution in [0.5, 0.6) is 0 Å². The van der Waals surface area contributed by atoms with Crippen molar-refractivity contribution in [3.8, 4) is 12.1 Å². The highest BCUT2D eigenvalue weighted by atomic mass is 31.2. The highest BCUT2D eigenvalue weighted by molar-refractivity contribution is 7.41. The maximum absolute atomic E-state index is 11.8. The second-order valence-corrected chi connectivity index (χ2v) is 7.59. The predicted molar refractivity (Wildman–Crippen MR) is 105 cm³/mol. The van der Waals surface area contributed by atoms with Crippen LogP contribution in [0.15, 0.2) is 0 Å². The summed E-state index contributed by atoms with van der Waals surface area (Å²) in [5.41, 5.74) is 0. The van der Waals surface area contributed by atoms with Crippen LogP contribution in [0.4, 0.5) is 0 Å². The largest absolute Gasteiger partial charge is 0.456 e. The number of aliphatic hydroxyl groups excluding tert-OH is 1. The number of nitriles is 2. The first-order valence-corrected chi connectivity index (χ1v) is 10.7. The van der Waals surface area contributed by atoms with Crippen LogP contribution in [-0.2, 0) is 42.2 Å². The molecule has 1 heterocycles. The monoisotopic (exact) mass is 475 g/mol. The number of esters is 2. The number of amides is 1. The Hall–Kier alpha value is -2.38. The summed E-state index contributed by atoms with van der Waals surface area (Å²) in [6, 6.07) is 2.61. The summed E-state index contributed by atoms with van der Waals surface area (Å²) in [4.78, 5) is 35.1. The summed E-state index contributed by atoms with van der Waals surface area (Å²) in [5.74, 6) is -2.00. The van der Waals surface area contributed by atoms with Gasteiger partial charge in [-0.15, -0.1) is 0 Å². The summed E-state index contributed by atoms with van der Waals surface area (Å²) in [6.45, 7) is 2.73. The first-order valence-electron chi connectivity index (χ1n) is 9.58. The van der Waals surface area contributed by atoms with E-state index in [0.29, 0.717) is 0 Å². The van der Waals surface area contributed by atoms with E-state index in [2.05, 4.69) is 5.32 Å². The minimum Gasteiger partial charge on any atom is -0.456 e. The fourth-order valence-corrected chi connectivity index (χ4v) is 3.74. The molecule has 14 heteroatoms. The van der Waals surface area contributed by atoms with Gasteiger partial charge in [-0.1, -0.05) is 0 Å². The molecular formula is C18H26N3O10P. The van der Waals surface area contributed by atoms with Crippen LogP contribution in [0, 0.1) is 22.7 Å². The van der Waals surface area contributed by atoms with Crippen LogP contribution in [-0.4, -0.2) is 73.4 Å². The normalized spacial score (nSPS) is 24.8. The summed E-state index contributed by atoms with van der Waals surface area (Å²) >= 11 is 0. The summed E-state index contributed by atoms with van der Waals surface area (Å²) in [6.07, 6.45) is -4.98. The van der Waals surface area contributed by atoms with E-state index >= 15 is 0 Å². The molecule has 0 radical (unpaired) electrons. The average Bonchev–Trinajstić information content (AvgIpc) is 2.71. The van der Waals surface area contributed by atoms with E-state index in [0.717, 1.165) is 13.8 Å². The zero-order valence-corrected chi connectivity index (χ0v) is 18.8. The molecule has 2 N–H and O–H groups in total. The molecule has 0 bridgehead atoms. The van der Waals surface area contributed by atoms with Crippen molar-refractivity contribution in [2.45, 2.75) is 64.3 Å². The first-order chi connectivity index (χ1) is 15.2.